The highest BCUT2D eigenvalue weighted by molar-refractivity contribution is 5.64. The van der Waals surface area contributed by atoms with Crippen LogP contribution in [0.4, 0.5) is 0 Å². The average molecular weight is 453 g/mol. The zero-order chi connectivity index (χ0) is 23.0. The van der Waals surface area contributed by atoms with Crippen LogP contribution in [0.1, 0.15) is 22.3 Å². The van der Waals surface area contributed by atoms with Crippen molar-refractivity contribution in [1.29, 1.82) is 0 Å². The number of rotatable bonds is 3. The Kier molecular flexibility index (Phi) is 7.19. The van der Waals surface area contributed by atoms with E-state index in [2.05, 4.69) is 62.3 Å². The zero-order valence-electron chi connectivity index (χ0n) is 19.1. The van der Waals surface area contributed by atoms with Crippen molar-refractivity contribution in [3.05, 3.63) is 108 Å². The van der Waals surface area contributed by atoms with E-state index in [0.717, 1.165) is 48.5 Å². The van der Waals surface area contributed by atoms with Gasteiger partial charge in [-0.25, -0.2) is 9.97 Å². The van der Waals surface area contributed by atoms with Gasteiger partial charge in [0.1, 0.15) is 18.7 Å². The van der Waals surface area contributed by atoms with Crippen molar-refractivity contribution in [2.45, 2.75) is 19.5 Å². The second kappa shape index (κ2) is 11.0. The normalized spacial score (nSPS) is 15.1. The fraction of sp³-hybridized carbons (Fsp3) is 0.250. The molecule has 6 heteroatoms. The molecular formula is C28H28N4O2. The minimum absolute atomic E-state index is 0.517. The van der Waals surface area contributed by atoms with E-state index in [1.807, 2.05) is 36.9 Å². The molecule has 2 aromatic heterocycles. The molecule has 1 aliphatic rings. The summed E-state index contributed by atoms with van der Waals surface area (Å²) in [5.74, 6) is 0.893. The molecule has 0 amide bonds. The van der Waals surface area contributed by atoms with E-state index in [1.54, 1.807) is 6.33 Å². The van der Waals surface area contributed by atoms with Crippen molar-refractivity contribution in [2.75, 3.05) is 26.4 Å². The van der Waals surface area contributed by atoms with E-state index in [9.17, 15) is 0 Å². The highest BCUT2D eigenvalue weighted by Crippen LogP contribution is 2.28. The fourth-order valence-electron chi connectivity index (χ4n) is 4.27. The number of hydrogen-bond acceptors (Lipinski definition) is 6. The van der Waals surface area contributed by atoms with Crippen LogP contribution in [0, 0.1) is 0 Å². The summed E-state index contributed by atoms with van der Waals surface area (Å²) in [6.07, 6.45) is 9.76. The summed E-state index contributed by atoms with van der Waals surface area (Å²) >= 11 is 0. The summed E-state index contributed by atoms with van der Waals surface area (Å²) in [7, 11) is 0. The Bertz CT molecular complexity index is 1200. The molecule has 0 spiro atoms. The number of hydrogen-bond donors (Lipinski definition) is 0. The van der Waals surface area contributed by atoms with E-state index in [0.29, 0.717) is 19.8 Å². The van der Waals surface area contributed by atoms with Crippen molar-refractivity contribution >= 4 is 0 Å². The Morgan fingerprint density at radius 1 is 0.794 bits per heavy atom. The maximum atomic E-state index is 6.14. The van der Waals surface area contributed by atoms with Gasteiger partial charge in [0.2, 0.25) is 0 Å². The molecule has 6 nitrogen and oxygen atoms in total. The lowest BCUT2D eigenvalue weighted by atomic mass is 9.98. The molecule has 0 fully saturated rings. The largest absolute Gasteiger partial charge is 0.491 e. The Morgan fingerprint density at radius 2 is 1.71 bits per heavy atom. The first-order valence-electron chi connectivity index (χ1n) is 11.6. The van der Waals surface area contributed by atoms with Crippen LogP contribution in [0.5, 0.6) is 5.75 Å². The van der Waals surface area contributed by atoms with Gasteiger partial charge in [0, 0.05) is 56.4 Å². The van der Waals surface area contributed by atoms with Gasteiger partial charge in [-0.05, 0) is 46.0 Å². The molecule has 2 aromatic carbocycles. The molecule has 5 rings (SSSR count). The number of nitrogens with zero attached hydrogens (tertiary/aromatic N) is 4. The van der Waals surface area contributed by atoms with Crippen molar-refractivity contribution in [3.63, 3.8) is 0 Å². The Morgan fingerprint density at radius 3 is 2.59 bits per heavy atom. The Balaban J connectivity index is 1.42. The molecule has 0 aliphatic carbocycles. The predicted molar refractivity (Wildman–Crippen MR) is 131 cm³/mol. The molecule has 0 radical (unpaired) electrons. The quantitative estimate of drug-likeness (QED) is 0.455. The molecular weight excluding hydrogens is 424 g/mol. The first kappa shape index (κ1) is 22.2. The molecule has 0 atom stereocenters. The van der Waals surface area contributed by atoms with Crippen molar-refractivity contribution < 1.29 is 9.47 Å². The molecule has 3 heterocycles. The first-order valence-corrected chi connectivity index (χ1v) is 11.6. The number of fused-ring (bicyclic) bond motifs is 3. The van der Waals surface area contributed by atoms with Crippen LogP contribution in [-0.4, -0.2) is 46.2 Å². The van der Waals surface area contributed by atoms with E-state index < -0.39 is 0 Å². The van der Waals surface area contributed by atoms with Crippen LogP contribution in [0.25, 0.3) is 11.1 Å². The van der Waals surface area contributed by atoms with Gasteiger partial charge in [0.25, 0.3) is 0 Å². The van der Waals surface area contributed by atoms with Crippen molar-refractivity contribution in [1.82, 2.24) is 19.9 Å². The summed E-state index contributed by atoms with van der Waals surface area (Å²) in [6.45, 7) is 4.27. The summed E-state index contributed by atoms with van der Waals surface area (Å²) in [4.78, 5) is 15.0. The van der Waals surface area contributed by atoms with Crippen LogP contribution in [0.15, 0.2) is 85.7 Å². The van der Waals surface area contributed by atoms with E-state index >= 15 is 0 Å². The lowest BCUT2D eigenvalue weighted by molar-refractivity contribution is 0.0757. The maximum Gasteiger partial charge on any atom is 0.122 e. The summed E-state index contributed by atoms with van der Waals surface area (Å²) in [6, 6.07) is 19.2. The second-order valence-corrected chi connectivity index (χ2v) is 8.48. The molecule has 0 N–H and O–H groups in total. The summed E-state index contributed by atoms with van der Waals surface area (Å²) in [5.41, 5.74) is 6.97. The van der Waals surface area contributed by atoms with Gasteiger partial charge in [-0.3, -0.25) is 9.88 Å². The van der Waals surface area contributed by atoms with Crippen molar-refractivity contribution in [2.24, 2.45) is 0 Å². The van der Waals surface area contributed by atoms with Gasteiger partial charge in [0.15, 0.2) is 0 Å². The minimum atomic E-state index is 0.517. The van der Waals surface area contributed by atoms with Gasteiger partial charge in [-0.1, -0.05) is 36.4 Å². The van der Waals surface area contributed by atoms with Crippen LogP contribution < -0.4 is 4.74 Å². The number of ether oxygens (including phenoxy) is 2. The monoisotopic (exact) mass is 452 g/mol. The van der Waals surface area contributed by atoms with Gasteiger partial charge >= 0.3 is 0 Å². The average Bonchev–Trinajstić information content (AvgIpc) is 2.87. The molecule has 172 valence electrons. The van der Waals surface area contributed by atoms with Crippen LogP contribution >= 0.6 is 0 Å². The lowest BCUT2D eigenvalue weighted by Crippen LogP contribution is -2.27. The number of pyridine rings is 1. The van der Waals surface area contributed by atoms with Gasteiger partial charge in [-0.2, -0.15) is 0 Å². The van der Waals surface area contributed by atoms with Crippen molar-refractivity contribution in [3.8, 4) is 16.9 Å². The number of benzene rings is 2. The van der Waals surface area contributed by atoms with Crippen LogP contribution in [0.2, 0.25) is 0 Å². The SMILES string of the molecule is c1cncc(CN2CCOCCOc3ccc(-c4cncnc4)cc3Cc3cccc(c3)C2)c1. The van der Waals surface area contributed by atoms with E-state index in [-0.39, 0.29) is 0 Å². The van der Waals surface area contributed by atoms with Gasteiger partial charge < -0.3 is 9.47 Å². The standard InChI is InChI=1S/C28H28N4O2/c1-3-22-13-23(4-1)19-32(20-24-5-2-8-29-16-24)9-10-33-11-12-34-28-7-6-25(15-26(28)14-22)27-17-30-21-31-18-27/h1-8,13,15-18,21H,9-12,14,19-20H2. The minimum Gasteiger partial charge on any atom is -0.491 e. The Labute approximate surface area is 200 Å². The lowest BCUT2D eigenvalue weighted by Gasteiger charge is -2.23. The molecule has 0 saturated heterocycles. The fourth-order valence-corrected chi connectivity index (χ4v) is 4.27. The highest BCUT2D eigenvalue weighted by Gasteiger charge is 2.12. The molecule has 0 saturated carbocycles. The molecule has 4 aromatic rings. The third-order valence-electron chi connectivity index (χ3n) is 5.91. The highest BCUT2D eigenvalue weighted by atomic mass is 16.5. The predicted octanol–water partition coefficient (Wildman–Crippen LogP) is 4.54. The topological polar surface area (TPSA) is 60.4 Å². The molecule has 2 bridgehead atoms. The van der Waals surface area contributed by atoms with Gasteiger partial charge in [0.05, 0.1) is 13.2 Å². The van der Waals surface area contributed by atoms with Crippen LogP contribution in [-0.2, 0) is 24.2 Å². The van der Waals surface area contributed by atoms with E-state index in [1.165, 1.54) is 16.7 Å². The summed E-state index contributed by atoms with van der Waals surface area (Å²) < 4.78 is 12.1. The zero-order valence-corrected chi connectivity index (χ0v) is 19.1. The third-order valence-corrected chi connectivity index (χ3v) is 5.91. The third kappa shape index (κ3) is 5.84. The molecule has 34 heavy (non-hydrogen) atoms. The first-order chi connectivity index (χ1) is 16.8. The molecule has 1 aliphatic heterocycles. The van der Waals surface area contributed by atoms with Gasteiger partial charge in [-0.15, -0.1) is 0 Å². The second-order valence-electron chi connectivity index (χ2n) is 8.48. The van der Waals surface area contributed by atoms with E-state index in [4.69, 9.17) is 9.47 Å². The smallest absolute Gasteiger partial charge is 0.122 e. The Hall–Kier alpha value is -3.61. The van der Waals surface area contributed by atoms with Crippen LogP contribution in [0.3, 0.4) is 0 Å². The summed E-state index contributed by atoms with van der Waals surface area (Å²) in [5, 5.41) is 0. The molecule has 0 unspecified atom stereocenters. The number of aromatic nitrogens is 3. The maximum absolute atomic E-state index is 6.14.